The molecule has 0 bridgehead atoms. The molecule has 0 spiro atoms. The Morgan fingerprint density at radius 2 is 2.23 bits per heavy atom. The van der Waals surface area contributed by atoms with Crippen molar-refractivity contribution in [3.63, 3.8) is 0 Å². The summed E-state index contributed by atoms with van der Waals surface area (Å²) < 4.78 is 6.77. The van der Waals surface area contributed by atoms with Gasteiger partial charge in [0.25, 0.3) is 0 Å². The average Bonchev–Trinajstić information content (AvgIpc) is 2.10. The molecular weight excluding hydrogens is 166 g/mol. The molecule has 0 atom stereocenters. The molecule has 0 saturated heterocycles. The number of carbonyl (C=O) groups excluding carboxylic acids is 1. The Bertz CT molecular complexity index is 321. The second kappa shape index (κ2) is 4.03. The Hall–Kier alpha value is -1.38. The highest BCUT2D eigenvalue weighted by Gasteiger charge is 2.11. The molecule has 3 nitrogen and oxygen atoms in total. The number of ether oxygens (including phenoxy) is 1. The van der Waals surface area contributed by atoms with Crippen LogP contribution in [0, 0.1) is 6.92 Å². The van der Waals surface area contributed by atoms with E-state index in [1.165, 1.54) is 0 Å². The zero-order chi connectivity index (χ0) is 9.84. The molecule has 3 heteroatoms. The molecule has 0 fully saturated rings. The fourth-order valence-corrected chi connectivity index (χ4v) is 1.02. The summed E-state index contributed by atoms with van der Waals surface area (Å²) in [5, 5.41) is 0. The van der Waals surface area contributed by atoms with Gasteiger partial charge in [-0.25, -0.2) is 9.36 Å². The molecule has 0 saturated carbocycles. The van der Waals surface area contributed by atoms with Crippen LogP contribution in [-0.2, 0) is 11.8 Å². The van der Waals surface area contributed by atoms with Crippen LogP contribution in [0.5, 0.6) is 0 Å². The van der Waals surface area contributed by atoms with Gasteiger partial charge in [-0.3, -0.25) is 0 Å². The molecule has 1 heterocycles. The lowest BCUT2D eigenvalue weighted by Crippen LogP contribution is -2.32. The number of hydrogen-bond donors (Lipinski definition) is 0. The molecule has 0 aliphatic carbocycles. The molecule has 0 N–H and O–H groups in total. The monoisotopic (exact) mass is 180 g/mol. The molecule has 1 rings (SSSR count). The third-order valence-electron chi connectivity index (χ3n) is 1.90. The maximum atomic E-state index is 11.3. The van der Waals surface area contributed by atoms with Gasteiger partial charge in [0.05, 0.1) is 6.61 Å². The van der Waals surface area contributed by atoms with E-state index in [2.05, 4.69) is 0 Å². The molecule has 0 aliphatic rings. The highest BCUT2D eigenvalue weighted by Crippen LogP contribution is 1.99. The molecule has 0 aliphatic heterocycles. The van der Waals surface area contributed by atoms with Crippen molar-refractivity contribution in [2.45, 2.75) is 13.8 Å². The Labute approximate surface area is 78.0 Å². The molecule has 0 amide bonds. The molecule has 0 unspecified atom stereocenters. The molecular formula is C10H14NO2+. The molecule has 1 aromatic heterocycles. The van der Waals surface area contributed by atoms with Gasteiger partial charge in [-0.05, 0) is 13.0 Å². The van der Waals surface area contributed by atoms with Crippen LogP contribution in [0.25, 0.3) is 0 Å². The van der Waals surface area contributed by atoms with Crippen LogP contribution in [0.3, 0.4) is 0 Å². The Morgan fingerprint density at radius 3 is 2.77 bits per heavy atom. The van der Waals surface area contributed by atoms with Crippen molar-refractivity contribution in [2.24, 2.45) is 7.05 Å². The molecule has 13 heavy (non-hydrogen) atoms. The molecule has 0 radical (unpaired) electrons. The number of hydrogen-bond acceptors (Lipinski definition) is 2. The highest BCUT2D eigenvalue weighted by atomic mass is 16.5. The van der Waals surface area contributed by atoms with Gasteiger partial charge in [0.1, 0.15) is 12.6 Å². The van der Waals surface area contributed by atoms with Crippen LogP contribution in [0.1, 0.15) is 23.0 Å². The van der Waals surface area contributed by atoms with Crippen molar-refractivity contribution in [3.05, 3.63) is 29.6 Å². The quantitative estimate of drug-likeness (QED) is 0.502. The fourth-order valence-electron chi connectivity index (χ4n) is 1.02. The lowest BCUT2D eigenvalue weighted by atomic mass is 10.2. The summed E-state index contributed by atoms with van der Waals surface area (Å²) in [6.45, 7) is 4.19. The van der Waals surface area contributed by atoms with Gasteiger partial charge < -0.3 is 4.74 Å². The SMILES string of the molecule is CCOC(=O)c1ccc(C)[n+](C)c1. The number of pyridine rings is 1. The van der Waals surface area contributed by atoms with Crippen molar-refractivity contribution >= 4 is 5.97 Å². The second-order valence-electron chi connectivity index (χ2n) is 2.89. The van der Waals surface area contributed by atoms with Crippen LogP contribution in [0.15, 0.2) is 18.3 Å². The molecule has 1 aromatic rings. The average molecular weight is 180 g/mol. The summed E-state index contributed by atoms with van der Waals surface area (Å²) >= 11 is 0. The largest absolute Gasteiger partial charge is 0.462 e. The van der Waals surface area contributed by atoms with Gasteiger partial charge in [-0.15, -0.1) is 0 Å². The van der Waals surface area contributed by atoms with Crippen LogP contribution in [-0.4, -0.2) is 12.6 Å². The lowest BCUT2D eigenvalue weighted by molar-refractivity contribution is -0.677. The zero-order valence-corrected chi connectivity index (χ0v) is 8.20. The van der Waals surface area contributed by atoms with E-state index in [1.807, 2.05) is 24.6 Å². The summed E-state index contributed by atoms with van der Waals surface area (Å²) in [6.07, 6.45) is 1.77. The normalized spacial score (nSPS) is 9.77. The summed E-state index contributed by atoms with van der Waals surface area (Å²) in [6, 6.07) is 3.67. The minimum Gasteiger partial charge on any atom is -0.462 e. The lowest BCUT2D eigenvalue weighted by Gasteiger charge is -2.00. The van der Waals surface area contributed by atoms with Crippen molar-refractivity contribution in [3.8, 4) is 0 Å². The number of aryl methyl sites for hydroxylation is 2. The summed E-state index contributed by atoms with van der Waals surface area (Å²) in [5.41, 5.74) is 1.70. The van der Waals surface area contributed by atoms with Gasteiger partial charge in [-0.2, -0.15) is 0 Å². The van der Waals surface area contributed by atoms with E-state index in [-0.39, 0.29) is 5.97 Å². The Kier molecular flexibility index (Phi) is 3.01. The third kappa shape index (κ3) is 2.28. The van der Waals surface area contributed by atoms with E-state index in [0.717, 1.165) is 5.69 Å². The van der Waals surface area contributed by atoms with Crippen LogP contribution >= 0.6 is 0 Å². The predicted molar refractivity (Wildman–Crippen MR) is 48.3 cm³/mol. The van der Waals surface area contributed by atoms with Crippen molar-refractivity contribution < 1.29 is 14.1 Å². The Morgan fingerprint density at radius 1 is 1.54 bits per heavy atom. The highest BCUT2D eigenvalue weighted by molar-refractivity contribution is 5.88. The van der Waals surface area contributed by atoms with Crippen LogP contribution < -0.4 is 4.57 Å². The number of rotatable bonds is 2. The van der Waals surface area contributed by atoms with Crippen molar-refractivity contribution in [1.29, 1.82) is 0 Å². The number of nitrogens with zero attached hydrogens (tertiary/aromatic N) is 1. The van der Waals surface area contributed by atoms with Crippen molar-refractivity contribution in [2.75, 3.05) is 6.61 Å². The second-order valence-corrected chi connectivity index (χ2v) is 2.89. The maximum absolute atomic E-state index is 11.3. The topological polar surface area (TPSA) is 30.2 Å². The van der Waals surface area contributed by atoms with Gasteiger partial charge in [0.15, 0.2) is 11.9 Å². The van der Waals surface area contributed by atoms with E-state index in [4.69, 9.17) is 4.74 Å². The smallest absolute Gasteiger partial charge is 0.344 e. The van der Waals surface area contributed by atoms with Crippen molar-refractivity contribution in [1.82, 2.24) is 0 Å². The standard InChI is InChI=1S/C10H14NO2/c1-4-13-10(12)9-6-5-8(2)11(3)7-9/h5-7H,4H2,1-3H3/q+1. The molecule has 70 valence electrons. The van der Waals surface area contributed by atoms with Gasteiger partial charge in [0.2, 0.25) is 0 Å². The Balaban J connectivity index is 2.90. The minimum absolute atomic E-state index is 0.266. The first kappa shape index (κ1) is 9.71. The first-order valence-electron chi connectivity index (χ1n) is 4.28. The summed E-state index contributed by atoms with van der Waals surface area (Å²) in [4.78, 5) is 11.3. The number of aromatic nitrogens is 1. The van der Waals surface area contributed by atoms with E-state index in [1.54, 1.807) is 19.2 Å². The van der Waals surface area contributed by atoms with E-state index >= 15 is 0 Å². The minimum atomic E-state index is -0.266. The fraction of sp³-hybridized carbons (Fsp3) is 0.400. The summed E-state index contributed by atoms with van der Waals surface area (Å²) in [7, 11) is 1.90. The first-order chi connectivity index (χ1) is 6.15. The predicted octanol–water partition coefficient (Wildman–Crippen LogP) is 0.996. The van der Waals surface area contributed by atoms with Gasteiger partial charge in [-0.1, -0.05) is 0 Å². The van der Waals surface area contributed by atoms with E-state index in [9.17, 15) is 4.79 Å². The maximum Gasteiger partial charge on any atom is 0.344 e. The van der Waals surface area contributed by atoms with E-state index in [0.29, 0.717) is 12.2 Å². The molecule has 0 aromatic carbocycles. The number of carbonyl (C=O) groups is 1. The first-order valence-corrected chi connectivity index (χ1v) is 4.28. The van der Waals surface area contributed by atoms with E-state index < -0.39 is 0 Å². The number of esters is 1. The zero-order valence-electron chi connectivity index (χ0n) is 8.20. The van der Waals surface area contributed by atoms with Crippen LogP contribution in [0.4, 0.5) is 0 Å². The third-order valence-corrected chi connectivity index (χ3v) is 1.90. The van der Waals surface area contributed by atoms with Gasteiger partial charge in [0, 0.05) is 13.0 Å². The van der Waals surface area contributed by atoms with Crippen LogP contribution in [0.2, 0.25) is 0 Å². The van der Waals surface area contributed by atoms with Gasteiger partial charge >= 0.3 is 5.97 Å². The summed E-state index contributed by atoms with van der Waals surface area (Å²) in [5.74, 6) is -0.266.